The lowest BCUT2D eigenvalue weighted by Gasteiger charge is -2.34. The number of ketones is 1. The van der Waals surface area contributed by atoms with Crippen LogP contribution in [0.4, 0.5) is 4.39 Å². The van der Waals surface area contributed by atoms with Crippen LogP contribution >= 0.6 is 0 Å². The molecule has 1 aromatic carbocycles. The Hall–Kier alpha value is -1.26. The minimum atomic E-state index is -0.730. The fourth-order valence-corrected chi connectivity index (χ4v) is 2.25. The van der Waals surface area contributed by atoms with E-state index in [0.717, 1.165) is 5.56 Å². The maximum atomic E-state index is 12.8. The summed E-state index contributed by atoms with van der Waals surface area (Å²) < 4.78 is 23.5. The molecule has 98 valence electrons. The van der Waals surface area contributed by atoms with Crippen LogP contribution in [0, 0.1) is 5.82 Å². The molecule has 0 radical (unpaired) electrons. The van der Waals surface area contributed by atoms with E-state index in [0.29, 0.717) is 26.1 Å². The number of ether oxygens (including phenoxy) is 2. The summed E-state index contributed by atoms with van der Waals surface area (Å²) >= 11 is 0. The molecular formula is C14H17FO3. The van der Waals surface area contributed by atoms with Gasteiger partial charge in [-0.3, -0.25) is 4.79 Å². The number of Topliss-reactive ketones (excluding diaryl/α,β-unsaturated/α-hetero) is 1. The van der Waals surface area contributed by atoms with Crippen molar-refractivity contribution in [2.24, 2.45) is 0 Å². The first-order valence-electron chi connectivity index (χ1n) is 6.07. The van der Waals surface area contributed by atoms with Crippen LogP contribution in [-0.2, 0) is 20.7 Å². The molecule has 0 amide bonds. The van der Waals surface area contributed by atoms with Crippen LogP contribution in [0.3, 0.4) is 0 Å². The van der Waals surface area contributed by atoms with Gasteiger partial charge >= 0.3 is 0 Å². The highest BCUT2D eigenvalue weighted by Crippen LogP contribution is 2.27. The molecule has 0 unspecified atom stereocenters. The Morgan fingerprint density at radius 2 is 1.94 bits per heavy atom. The van der Waals surface area contributed by atoms with Gasteiger partial charge in [-0.15, -0.1) is 0 Å². The molecule has 0 saturated carbocycles. The summed E-state index contributed by atoms with van der Waals surface area (Å²) in [4.78, 5) is 12.3. The van der Waals surface area contributed by atoms with Gasteiger partial charge in [0, 0.05) is 39.6 Å². The molecule has 1 saturated heterocycles. The van der Waals surface area contributed by atoms with E-state index in [1.807, 2.05) is 0 Å². The smallest absolute Gasteiger partial charge is 0.169 e. The summed E-state index contributed by atoms with van der Waals surface area (Å²) in [7, 11) is 1.56. The lowest BCUT2D eigenvalue weighted by Crippen LogP contribution is -2.46. The molecule has 0 spiro atoms. The lowest BCUT2D eigenvalue weighted by atomic mass is 9.86. The van der Waals surface area contributed by atoms with E-state index in [4.69, 9.17) is 9.47 Å². The normalized spacial score (nSPS) is 18.6. The first kappa shape index (κ1) is 13.2. The van der Waals surface area contributed by atoms with E-state index < -0.39 is 5.60 Å². The van der Waals surface area contributed by atoms with Crippen molar-refractivity contribution in [1.29, 1.82) is 0 Å². The van der Waals surface area contributed by atoms with Gasteiger partial charge in [-0.05, 0) is 17.7 Å². The van der Waals surface area contributed by atoms with Crippen LogP contribution in [0.5, 0.6) is 0 Å². The molecule has 0 aliphatic carbocycles. The number of hydrogen-bond acceptors (Lipinski definition) is 3. The average molecular weight is 252 g/mol. The number of methoxy groups -OCH3 is 1. The fraction of sp³-hybridized carbons (Fsp3) is 0.500. The summed E-state index contributed by atoms with van der Waals surface area (Å²) in [5, 5.41) is 0. The third-order valence-corrected chi connectivity index (χ3v) is 3.48. The first-order valence-corrected chi connectivity index (χ1v) is 6.07. The minimum Gasteiger partial charge on any atom is -0.381 e. The lowest BCUT2D eigenvalue weighted by molar-refractivity contribution is -0.151. The number of rotatable bonds is 4. The topological polar surface area (TPSA) is 35.5 Å². The third kappa shape index (κ3) is 2.76. The Morgan fingerprint density at radius 1 is 1.33 bits per heavy atom. The van der Waals surface area contributed by atoms with Gasteiger partial charge in [-0.1, -0.05) is 12.1 Å². The summed E-state index contributed by atoms with van der Waals surface area (Å²) in [5.74, 6) is -0.251. The van der Waals surface area contributed by atoms with Crippen molar-refractivity contribution >= 4 is 5.78 Å². The van der Waals surface area contributed by atoms with E-state index in [9.17, 15) is 9.18 Å². The molecule has 1 aliphatic rings. The highest BCUT2D eigenvalue weighted by atomic mass is 19.1. The predicted octanol–water partition coefficient (Wildman–Crippen LogP) is 2.13. The second kappa shape index (κ2) is 5.59. The highest BCUT2D eigenvalue weighted by Gasteiger charge is 2.39. The highest BCUT2D eigenvalue weighted by molar-refractivity contribution is 5.89. The summed E-state index contributed by atoms with van der Waals surface area (Å²) in [6.07, 6.45) is 1.45. The largest absolute Gasteiger partial charge is 0.381 e. The second-order valence-electron chi connectivity index (χ2n) is 4.54. The monoisotopic (exact) mass is 252 g/mol. The Balaban J connectivity index is 2.07. The zero-order valence-electron chi connectivity index (χ0n) is 10.4. The van der Waals surface area contributed by atoms with Crippen LogP contribution in [0.15, 0.2) is 24.3 Å². The Kier molecular flexibility index (Phi) is 4.09. The molecule has 3 nitrogen and oxygen atoms in total. The van der Waals surface area contributed by atoms with E-state index in [1.165, 1.54) is 12.1 Å². The van der Waals surface area contributed by atoms with E-state index in [1.54, 1.807) is 19.2 Å². The van der Waals surface area contributed by atoms with Crippen molar-refractivity contribution in [2.75, 3.05) is 20.3 Å². The molecule has 1 aromatic rings. The van der Waals surface area contributed by atoms with E-state index in [-0.39, 0.29) is 18.0 Å². The van der Waals surface area contributed by atoms with Gasteiger partial charge in [0.25, 0.3) is 0 Å². The number of benzene rings is 1. The van der Waals surface area contributed by atoms with Crippen LogP contribution in [0.1, 0.15) is 18.4 Å². The molecule has 1 heterocycles. The maximum Gasteiger partial charge on any atom is 0.169 e. The Morgan fingerprint density at radius 3 is 2.50 bits per heavy atom. The molecule has 1 fully saturated rings. The third-order valence-electron chi connectivity index (χ3n) is 3.48. The van der Waals surface area contributed by atoms with Crippen molar-refractivity contribution in [2.45, 2.75) is 24.9 Å². The second-order valence-corrected chi connectivity index (χ2v) is 4.54. The van der Waals surface area contributed by atoms with Crippen LogP contribution < -0.4 is 0 Å². The van der Waals surface area contributed by atoms with Crippen LogP contribution in [-0.4, -0.2) is 31.7 Å². The van der Waals surface area contributed by atoms with Crippen molar-refractivity contribution in [1.82, 2.24) is 0 Å². The fourth-order valence-electron chi connectivity index (χ4n) is 2.25. The van der Waals surface area contributed by atoms with Gasteiger partial charge < -0.3 is 9.47 Å². The number of carbonyl (C=O) groups is 1. The standard InChI is InChI=1S/C14H17FO3/c1-17-14(6-8-18-9-7-14)13(16)10-11-2-4-12(15)5-3-11/h2-5H,6-10H2,1H3. The predicted molar refractivity (Wildman–Crippen MR) is 64.9 cm³/mol. The molecule has 1 aliphatic heterocycles. The van der Waals surface area contributed by atoms with Gasteiger partial charge in [0.2, 0.25) is 0 Å². The zero-order valence-corrected chi connectivity index (χ0v) is 10.4. The Labute approximate surface area is 106 Å². The van der Waals surface area contributed by atoms with Gasteiger partial charge in [0.15, 0.2) is 5.78 Å². The van der Waals surface area contributed by atoms with Gasteiger partial charge in [0.05, 0.1) is 0 Å². The van der Waals surface area contributed by atoms with Gasteiger partial charge in [-0.25, -0.2) is 4.39 Å². The first-order chi connectivity index (χ1) is 8.66. The molecule has 4 heteroatoms. The van der Waals surface area contributed by atoms with Gasteiger partial charge in [0.1, 0.15) is 11.4 Å². The van der Waals surface area contributed by atoms with Crippen LogP contribution in [0.25, 0.3) is 0 Å². The van der Waals surface area contributed by atoms with Crippen molar-refractivity contribution in [3.8, 4) is 0 Å². The van der Waals surface area contributed by atoms with Crippen molar-refractivity contribution < 1.29 is 18.7 Å². The van der Waals surface area contributed by atoms with Crippen molar-refractivity contribution in [3.63, 3.8) is 0 Å². The number of carbonyl (C=O) groups excluding carboxylic acids is 1. The Bertz CT molecular complexity index is 408. The van der Waals surface area contributed by atoms with Gasteiger partial charge in [-0.2, -0.15) is 0 Å². The van der Waals surface area contributed by atoms with E-state index >= 15 is 0 Å². The number of hydrogen-bond donors (Lipinski definition) is 0. The van der Waals surface area contributed by atoms with E-state index in [2.05, 4.69) is 0 Å². The number of halogens is 1. The quantitative estimate of drug-likeness (QED) is 0.823. The minimum absolute atomic E-state index is 0.0416. The molecule has 0 N–H and O–H groups in total. The van der Waals surface area contributed by atoms with Crippen LogP contribution in [0.2, 0.25) is 0 Å². The molecular weight excluding hydrogens is 235 g/mol. The zero-order chi connectivity index (χ0) is 13.0. The average Bonchev–Trinajstić information content (AvgIpc) is 2.42. The molecule has 0 atom stereocenters. The maximum absolute atomic E-state index is 12.8. The molecule has 18 heavy (non-hydrogen) atoms. The summed E-state index contributed by atoms with van der Waals surface area (Å²) in [5.41, 5.74) is 0.0800. The van der Waals surface area contributed by atoms with Crippen molar-refractivity contribution in [3.05, 3.63) is 35.6 Å². The molecule has 2 rings (SSSR count). The molecule has 0 bridgehead atoms. The SMILES string of the molecule is COC1(C(=O)Cc2ccc(F)cc2)CCOCC1. The summed E-state index contributed by atoms with van der Waals surface area (Å²) in [6, 6.07) is 6.00. The summed E-state index contributed by atoms with van der Waals surface area (Å²) in [6.45, 7) is 1.09. The molecule has 0 aromatic heterocycles.